The van der Waals surface area contributed by atoms with Crippen LogP contribution in [0.1, 0.15) is 36.5 Å². The molecule has 2 aromatic carbocycles. The van der Waals surface area contributed by atoms with Gasteiger partial charge in [0, 0.05) is 37.6 Å². The van der Waals surface area contributed by atoms with Gasteiger partial charge in [0.1, 0.15) is 6.07 Å². The summed E-state index contributed by atoms with van der Waals surface area (Å²) in [6.07, 6.45) is 0. The van der Waals surface area contributed by atoms with E-state index in [9.17, 15) is 5.26 Å². The number of anilines is 3. The lowest BCUT2D eigenvalue weighted by Gasteiger charge is -2.35. The second kappa shape index (κ2) is 7.80. The molecule has 1 heterocycles. The van der Waals surface area contributed by atoms with E-state index in [1.54, 1.807) is 0 Å². The summed E-state index contributed by atoms with van der Waals surface area (Å²) in [5.74, 6) is 0.515. The van der Waals surface area contributed by atoms with Crippen molar-refractivity contribution in [1.82, 2.24) is 4.90 Å². The van der Waals surface area contributed by atoms with Crippen molar-refractivity contribution >= 4 is 17.1 Å². The zero-order valence-corrected chi connectivity index (χ0v) is 16.2. The first-order valence-corrected chi connectivity index (χ1v) is 9.33. The van der Waals surface area contributed by atoms with Gasteiger partial charge in [0.25, 0.3) is 0 Å². The lowest BCUT2D eigenvalue weighted by Crippen LogP contribution is -2.44. The van der Waals surface area contributed by atoms with Gasteiger partial charge in [-0.3, -0.25) is 0 Å². The third-order valence-electron chi connectivity index (χ3n) is 5.25. The van der Waals surface area contributed by atoms with Crippen LogP contribution < -0.4 is 10.2 Å². The predicted molar refractivity (Wildman–Crippen MR) is 109 cm³/mol. The summed E-state index contributed by atoms with van der Waals surface area (Å²) in [5, 5.41) is 13.1. The Morgan fingerprint density at radius 3 is 2.23 bits per heavy atom. The van der Waals surface area contributed by atoms with Crippen molar-refractivity contribution in [3.8, 4) is 6.07 Å². The zero-order valence-electron chi connectivity index (χ0n) is 16.2. The van der Waals surface area contributed by atoms with Gasteiger partial charge in [0.15, 0.2) is 0 Å². The molecule has 0 spiro atoms. The maximum Gasteiger partial charge on any atom is 0.101 e. The molecule has 0 unspecified atom stereocenters. The Morgan fingerprint density at radius 1 is 1.00 bits per heavy atom. The molecule has 0 amide bonds. The van der Waals surface area contributed by atoms with Gasteiger partial charge in [-0.2, -0.15) is 5.26 Å². The summed E-state index contributed by atoms with van der Waals surface area (Å²) < 4.78 is 0. The van der Waals surface area contributed by atoms with Gasteiger partial charge in [-0.15, -0.1) is 0 Å². The van der Waals surface area contributed by atoms with Gasteiger partial charge in [-0.05, 0) is 55.3 Å². The van der Waals surface area contributed by atoms with E-state index >= 15 is 0 Å². The molecule has 136 valence electrons. The minimum atomic E-state index is 0.515. The highest BCUT2D eigenvalue weighted by Crippen LogP contribution is 2.33. The Kier molecular flexibility index (Phi) is 5.49. The lowest BCUT2D eigenvalue weighted by molar-refractivity contribution is 0.312. The Hall–Kier alpha value is -2.51. The largest absolute Gasteiger partial charge is 0.369 e. The van der Waals surface area contributed by atoms with E-state index in [0.29, 0.717) is 11.5 Å². The SMILES string of the molecule is Cc1c(N2CCN(C)CC2)ccc(C#N)c1Nc1ccc(C(C)C)cc1. The molecular weight excluding hydrogens is 320 g/mol. The first kappa shape index (κ1) is 18.3. The van der Waals surface area contributed by atoms with Gasteiger partial charge in [-0.25, -0.2) is 0 Å². The maximum absolute atomic E-state index is 9.56. The van der Waals surface area contributed by atoms with E-state index in [1.165, 1.54) is 11.3 Å². The molecule has 1 N–H and O–H groups in total. The summed E-state index contributed by atoms with van der Waals surface area (Å²) in [4.78, 5) is 4.77. The molecule has 4 heteroatoms. The van der Waals surface area contributed by atoms with Crippen LogP contribution >= 0.6 is 0 Å². The quantitative estimate of drug-likeness (QED) is 0.884. The molecule has 4 nitrogen and oxygen atoms in total. The third-order valence-corrected chi connectivity index (χ3v) is 5.25. The molecule has 1 aliphatic heterocycles. The van der Waals surface area contributed by atoms with Crippen LogP contribution in [0, 0.1) is 18.3 Å². The molecule has 3 rings (SSSR count). The Labute approximate surface area is 157 Å². The number of hydrogen-bond donors (Lipinski definition) is 1. The fraction of sp³-hybridized carbons (Fsp3) is 0.409. The van der Waals surface area contributed by atoms with E-state index in [-0.39, 0.29) is 0 Å². The summed E-state index contributed by atoms with van der Waals surface area (Å²) >= 11 is 0. The van der Waals surface area contributed by atoms with Gasteiger partial charge >= 0.3 is 0 Å². The van der Waals surface area contributed by atoms with Crippen molar-refractivity contribution in [2.75, 3.05) is 43.4 Å². The molecule has 0 saturated carbocycles. The molecular formula is C22H28N4. The molecule has 0 aliphatic carbocycles. The Morgan fingerprint density at radius 2 is 1.65 bits per heavy atom. The standard InChI is InChI=1S/C22H28N4/c1-16(2)18-5-8-20(9-6-18)24-22-17(3)21(10-7-19(22)15-23)26-13-11-25(4)12-14-26/h5-10,16,24H,11-14H2,1-4H3. The Bertz CT molecular complexity index is 794. The molecule has 0 atom stereocenters. The topological polar surface area (TPSA) is 42.3 Å². The minimum absolute atomic E-state index is 0.515. The van der Waals surface area contributed by atoms with E-state index in [2.05, 4.69) is 79.3 Å². The lowest BCUT2D eigenvalue weighted by atomic mass is 10.0. The monoisotopic (exact) mass is 348 g/mol. The fourth-order valence-electron chi connectivity index (χ4n) is 3.44. The molecule has 1 aliphatic rings. The molecule has 0 bridgehead atoms. The number of nitrogens with one attached hydrogen (secondary N) is 1. The van der Waals surface area contributed by atoms with E-state index < -0.39 is 0 Å². The summed E-state index contributed by atoms with van der Waals surface area (Å²) in [6, 6.07) is 14.9. The van der Waals surface area contributed by atoms with Crippen LogP contribution in [0.2, 0.25) is 0 Å². The number of likely N-dealkylation sites (N-methyl/N-ethyl adjacent to an activating group) is 1. The molecule has 0 aromatic heterocycles. The first-order valence-electron chi connectivity index (χ1n) is 9.33. The van der Waals surface area contributed by atoms with Crippen LogP contribution in [-0.4, -0.2) is 38.1 Å². The minimum Gasteiger partial charge on any atom is -0.369 e. The average molecular weight is 348 g/mol. The molecule has 1 fully saturated rings. The van der Waals surface area contributed by atoms with Crippen molar-refractivity contribution in [3.63, 3.8) is 0 Å². The normalized spacial score (nSPS) is 15.2. The summed E-state index contributed by atoms with van der Waals surface area (Å²) in [6.45, 7) is 10.7. The van der Waals surface area contributed by atoms with Gasteiger partial charge < -0.3 is 15.1 Å². The van der Waals surface area contributed by atoms with Crippen LogP contribution in [0.25, 0.3) is 0 Å². The predicted octanol–water partition coefficient (Wildman–Crippen LogP) is 4.49. The Balaban J connectivity index is 1.90. The highest BCUT2D eigenvalue weighted by molar-refractivity contribution is 5.76. The molecule has 2 aromatic rings. The summed E-state index contributed by atoms with van der Waals surface area (Å²) in [7, 11) is 2.16. The van der Waals surface area contributed by atoms with Gasteiger partial charge in [0.2, 0.25) is 0 Å². The molecule has 1 saturated heterocycles. The van der Waals surface area contributed by atoms with E-state index in [1.807, 2.05) is 6.07 Å². The molecule has 26 heavy (non-hydrogen) atoms. The van der Waals surface area contributed by atoms with E-state index in [0.717, 1.165) is 43.1 Å². The second-order valence-corrected chi connectivity index (χ2v) is 7.44. The van der Waals surface area contributed by atoms with Crippen LogP contribution in [0.5, 0.6) is 0 Å². The number of nitriles is 1. The third kappa shape index (κ3) is 3.84. The average Bonchev–Trinajstić information content (AvgIpc) is 2.64. The van der Waals surface area contributed by atoms with Gasteiger partial charge in [-0.1, -0.05) is 26.0 Å². The van der Waals surface area contributed by atoms with Crippen molar-refractivity contribution in [2.45, 2.75) is 26.7 Å². The highest BCUT2D eigenvalue weighted by atomic mass is 15.2. The molecule has 0 radical (unpaired) electrons. The van der Waals surface area contributed by atoms with Crippen LogP contribution in [-0.2, 0) is 0 Å². The fourth-order valence-corrected chi connectivity index (χ4v) is 3.44. The first-order chi connectivity index (χ1) is 12.5. The van der Waals surface area contributed by atoms with Crippen molar-refractivity contribution in [1.29, 1.82) is 5.26 Å². The number of benzene rings is 2. The number of nitrogens with zero attached hydrogens (tertiary/aromatic N) is 3. The number of rotatable bonds is 4. The summed E-state index contributed by atoms with van der Waals surface area (Å²) in [5.41, 5.74) is 6.30. The highest BCUT2D eigenvalue weighted by Gasteiger charge is 2.19. The van der Waals surface area contributed by atoms with Crippen LogP contribution in [0.3, 0.4) is 0 Å². The van der Waals surface area contributed by atoms with Crippen molar-refractivity contribution in [3.05, 3.63) is 53.1 Å². The second-order valence-electron chi connectivity index (χ2n) is 7.44. The van der Waals surface area contributed by atoms with Crippen molar-refractivity contribution in [2.24, 2.45) is 0 Å². The van der Waals surface area contributed by atoms with Gasteiger partial charge in [0.05, 0.1) is 11.3 Å². The van der Waals surface area contributed by atoms with E-state index in [4.69, 9.17) is 0 Å². The smallest absolute Gasteiger partial charge is 0.101 e. The zero-order chi connectivity index (χ0) is 18.7. The van der Waals surface area contributed by atoms with Crippen molar-refractivity contribution < 1.29 is 0 Å². The maximum atomic E-state index is 9.56. The number of piperazine rings is 1. The van der Waals surface area contributed by atoms with Crippen LogP contribution in [0.15, 0.2) is 36.4 Å². The van der Waals surface area contributed by atoms with Crippen LogP contribution in [0.4, 0.5) is 17.1 Å². The number of hydrogen-bond acceptors (Lipinski definition) is 4.